The third-order valence-electron chi connectivity index (χ3n) is 3.94. The van der Waals surface area contributed by atoms with Crippen LogP contribution in [-0.4, -0.2) is 22.4 Å². The predicted molar refractivity (Wildman–Crippen MR) is 97.4 cm³/mol. The van der Waals surface area contributed by atoms with E-state index in [4.69, 9.17) is 0 Å². The van der Waals surface area contributed by atoms with Gasteiger partial charge in [0.25, 0.3) is 5.78 Å². The van der Waals surface area contributed by atoms with Gasteiger partial charge >= 0.3 is 0 Å². The summed E-state index contributed by atoms with van der Waals surface area (Å²) in [6.45, 7) is 0. The molecule has 0 saturated heterocycles. The Labute approximate surface area is 143 Å². The summed E-state index contributed by atoms with van der Waals surface area (Å²) in [6.07, 6.45) is 6.40. The lowest BCUT2D eigenvalue weighted by molar-refractivity contribution is -0.109. The molecule has 0 aliphatic carbocycles. The lowest BCUT2D eigenvalue weighted by atomic mass is 10.00. The molecule has 2 heterocycles. The van der Waals surface area contributed by atoms with Crippen LogP contribution in [0.4, 0.5) is 0 Å². The van der Waals surface area contributed by atoms with Gasteiger partial charge in [0, 0.05) is 28.7 Å². The number of hydrogen-bond donors (Lipinski definition) is 1. The van der Waals surface area contributed by atoms with E-state index in [1.165, 1.54) is 6.20 Å². The molecule has 0 spiro atoms. The number of hydrogen-bond acceptors (Lipinski definition) is 5. The van der Waals surface area contributed by atoms with Crippen molar-refractivity contribution in [3.8, 4) is 0 Å². The van der Waals surface area contributed by atoms with Crippen LogP contribution < -0.4 is 5.32 Å². The number of amidine groups is 1. The number of aliphatic imine (C=N–C) groups is 1. The number of para-hydroxylation sites is 1. The summed E-state index contributed by atoms with van der Waals surface area (Å²) in [6, 6.07) is 14.8. The number of Topliss-reactive ketones (excluding diaryl/α,β-unsaturated/α-hetero) is 2. The van der Waals surface area contributed by atoms with Crippen LogP contribution in [-0.2, 0) is 4.79 Å². The Morgan fingerprint density at radius 2 is 1.72 bits per heavy atom. The van der Waals surface area contributed by atoms with Crippen LogP contribution in [0.1, 0.15) is 10.4 Å². The van der Waals surface area contributed by atoms with Gasteiger partial charge in [-0.25, -0.2) is 9.98 Å². The van der Waals surface area contributed by atoms with Gasteiger partial charge in [0.15, 0.2) is 5.84 Å². The number of ketones is 2. The average molecular weight is 327 g/mol. The van der Waals surface area contributed by atoms with Crippen molar-refractivity contribution in [2.75, 3.05) is 0 Å². The highest BCUT2D eigenvalue weighted by molar-refractivity contribution is 6.68. The summed E-state index contributed by atoms with van der Waals surface area (Å²) in [7, 11) is 0. The molecule has 4 rings (SSSR count). The zero-order chi connectivity index (χ0) is 17.2. The third-order valence-corrected chi connectivity index (χ3v) is 3.94. The molecule has 0 atom stereocenters. The molecule has 5 heteroatoms. The minimum Gasteiger partial charge on any atom is -0.343 e. The Morgan fingerprint density at radius 3 is 2.64 bits per heavy atom. The lowest BCUT2D eigenvalue weighted by Crippen LogP contribution is -2.32. The maximum atomic E-state index is 12.8. The zero-order valence-electron chi connectivity index (χ0n) is 13.1. The SMILES string of the molecule is O=C(C(=O)c1cccc2nc3ccccc3cc12)C1=NC=CC=CN1. The first-order valence-corrected chi connectivity index (χ1v) is 7.77. The Bertz CT molecular complexity index is 1110. The van der Waals surface area contributed by atoms with E-state index in [-0.39, 0.29) is 5.84 Å². The number of fused-ring (bicyclic) bond motifs is 2. The van der Waals surface area contributed by atoms with Gasteiger partial charge in [0.2, 0.25) is 5.78 Å². The Hall–Kier alpha value is -3.60. The summed E-state index contributed by atoms with van der Waals surface area (Å²) in [5.41, 5.74) is 1.84. The van der Waals surface area contributed by atoms with E-state index in [1.807, 2.05) is 36.4 Å². The fourth-order valence-electron chi connectivity index (χ4n) is 2.74. The van der Waals surface area contributed by atoms with Gasteiger partial charge in [-0.05, 0) is 30.4 Å². The van der Waals surface area contributed by atoms with E-state index >= 15 is 0 Å². The molecule has 2 aromatic carbocycles. The van der Waals surface area contributed by atoms with Crippen molar-refractivity contribution in [2.45, 2.75) is 0 Å². The number of rotatable bonds is 3. The number of aromatic nitrogens is 1. The second-order valence-electron chi connectivity index (χ2n) is 5.53. The van der Waals surface area contributed by atoms with E-state index in [1.54, 1.807) is 30.5 Å². The first kappa shape index (κ1) is 15.0. The zero-order valence-corrected chi connectivity index (χ0v) is 13.1. The van der Waals surface area contributed by atoms with Crippen LogP contribution in [0.15, 0.2) is 78.1 Å². The van der Waals surface area contributed by atoms with Gasteiger partial charge in [0.05, 0.1) is 11.0 Å². The number of nitrogens with one attached hydrogen (secondary N) is 1. The van der Waals surface area contributed by atoms with E-state index in [2.05, 4.69) is 15.3 Å². The maximum absolute atomic E-state index is 12.8. The highest BCUT2D eigenvalue weighted by atomic mass is 16.2. The molecule has 1 aliphatic rings. The second kappa shape index (κ2) is 6.13. The molecule has 25 heavy (non-hydrogen) atoms. The van der Waals surface area contributed by atoms with Crippen molar-refractivity contribution >= 4 is 39.2 Å². The van der Waals surface area contributed by atoms with Gasteiger partial charge in [-0.1, -0.05) is 30.3 Å². The van der Waals surface area contributed by atoms with Crippen LogP contribution in [0.5, 0.6) is 0 Å². The topological polar surface area (TPSA) is 71.4 Å². The molecule has 5 nitrogen and oxygen atoms in total. The number of allylic oxidation sites excluding steroid dienone is 2. The average Bonchev–Trinajstić information content (AvgIpc) is 2.94. The lowest BCUT2D eigenvalue weighted by Gasteiger charge is -2.07. The minimum atomic E-state index is -0.683. The number of pyridine rings is 1. The molecular weight excluding hydrogens is 314 g/mol. The smallest absolute Gasteiger partial charge is 0.268 e. The van der Waals surface area contributed by atoms with Gasteiger partial charge in [0.1, 0.15) is 0 Å². The standard InChI is InChI=1S/C20H13N3O2/c24-18(19(25)20-21-10-3-4-11-22-20)14-7-5-9-17-15(14)12-13-6-1-2-8-16(13)23-17/h1-12H,(H,21,22). The molecule has 1 aromatic heterocycles. The summed E-state index contributed by atoms with van der Waals surface area (Å²) >= 11 is 0. The molecule has 1 N–H and O–H groups in total. The minimum absolute atomic E-state index is 0.000696. The van der Waals surface area contributed by atoms with Crippen molar-refractivity contribution in [1.29, 1.82) is 0 Å². The highest BCUT2D eigenvalue weighted by Crippen LogP contribution is 2.23. The molecule has 0 saturated carbocycles. The molecule has 0 radical (unpaired) electrons. The van der Waals surface area contributed by atoms with Crippen molar-refractivity contribution in [3.63, 3.8) is 0 Å². The van der Waals surface area contributed by atoms with Gasteiger partial charge in [-0.15, -0.1) is 0 Å². The van der Waals surface area contributed by atoms with E-state index < -0.39 is 11.6 Å². The fraction of sp³-hybridized carbons (Fsp3) is 0. The van der Waals surface area contributed by atoms with Crippen LogP contribution in [0.2, 0.25) is 0 Å². The molecular formula is C20H13N3O2. The summed E-state index contributed by atoms with van der Waals surface area (Å²) in [5.74, 6) is -1.30. The molecule has 1 aliphatic heterocycles. The van der Waals surface area contributed by atoms with Crippen LogP contribution >= 0.6 is 0 Å². The Balaban J connectivity index is 1.83. The van der Waals surface area contributed by atoms with Gasteiger partial charge in [-0.3, -0.25) is 9.59 Å². The number of benzene rings is 2. The highest BCUT2D eigenvalue weighted by Gasteiger charge is 2.23. The number of nitrogens with zero attached hydrogens (tertiary/aromatic N) is 2. The normalized spacial score (nSPS) is 13.4. The molecule has 0 bridgehead atoms. The second-order valence-corrected chi connectivity index (χ2v) is 5.53. The van der Waals surface area contributed by atoms with Crippen molar-refractivity contribution < 1.29 is 9.59 Å². The molecule has 3 aromatic rings. The monoisotopic (exact) mass is 327 g/mol. The first-order chi connectivity index (χ1) is 12.2. The van der Waals surface area contributed by atoms with Crippen molar-refractivity contribution in [3.05, 3.63) is 78.6 Å². The molecule has 0 fully saturated rings. The largest absolute Gasteiger partial charge is 0.343 e. The van der Waals surface area contributed by atoms with Crippen LogP contribution in [0.3, 0.4) is 0 Å². The van der Waals surface area contributed by atoms with Gasteiger partial charge < -0.3 is 5.32 Å². The predicted octanol–water partition coefficient (Wildman–Crippen LogP) is 3.17. The summed E-state index contributed by atoms with van der Waals surface area (Å²) in [4.78, 5) is 33.8. The van der Waals surface area contributed by atoms with Crippen LogP contribution in [0.25, 0.3) is 21.8 Å². The van der Waals surface area contributed by atoms with Crippen molar-refractivity contribution in [1.82, 2.24) is 10.3 Å². The van der Waals surface area contributed by atoms with Gasteiger partial charge in [-0.2, -0.15) is 0 Å². The summed E-state index contributed by atoms with van der Waals surface area (Å²) in [5, 5.41) is 4.30. The van der Waals surface area contributed by atoms with Crippen molar-refractivity contribution in [2.24, 2.45) is 4.99 Å². The Kier molecular flexibility index (Phi) is 3.67. The molecule has 120 valence electrons. The summed E-state index contributed by atoms with van der Waals surface area (Å²) < 4.78 is 0. The third kappa shape index (κ3) is 2.72. The van der Waals surface area contributed by atoms with Crippen LogP contribution in [0, 0.1) is 0 Å². The fourth-order valence-corrected chi connectivity index (χ4v) is 2.74. The Morgan fingerprint density at radius 1 is 0.880 bits per heavy atom. The first-order valence-electron chi connectivity index (χ1n) is 7.77. The van der Waals surface area contributed by atoms with E-state index in [0.29, 0.717) is 16.5 Å². The number of carbonyl (C=O) groups excluding carboxylic acids is 2. The maximum Gasteiger partial charge on any atom is 0.268 e. The molecule has 0 unspecified atom stereocenters. The van der Waals surface area contributed by atoms with E-state index in [0.717, 1.165) is 10.9 Å². The number of carbonyl (C=O) groups is 2. The quantitative estimate of drug-likeness (QED) is 0.456. The molecule has 0 amide bonds. The van der Waals surface area contributed by atoms with E-state index in [9.17, 15) is 9.59 Å².